The molecule has 7 heteroatoms. The number of ether oxygens (including phenoxy) is 1. The number of piperazine rings is 1. The second-order valence-corrected chi connectivity index (χ2v) is 7.78. The number of anilines is 2. The minimum Gasteiger partial charge on any atom is -0.492 e. The first kappa shape index (κ1) is 20.9. The van der Waals surface area contributed by atoms with Gasteiger partial charge in [-0.25, -0.2) is 0 Å². The molecule has 156 valence electrons. The van der Waals surface area contributed by atoms with Gasteiger partial charge >= 0.3 is 0 Å². The van der Waals surface area contributed by atoms with Gasteiger partial charge in [0, 0.05) is 18.3 Å². The van der Waals surface area contributed by atoms with Gasteiger partial charge in [-0.2, -0.15) is 0 Å². The van der Waals surface area contributed by atoms with E-state index in [-0.39, 0.29) is 10.6 Å². The van der Waals surface area contributed by atoms with E-state index in [4.69, 9.17) is 4.74 Å². The second-order valence-electron chi connectivity index (χ2n) is 7.78. The van der Waals surface area contributed by atoms with Crippen LogP contribution >= 0.6 is 0 Å². The minimum atomic E-state index is -0.342. The summed E-state index contributed by atoms with van der Waals surface area (Å²) in [5, 5.41) is 17.0. The number of quaternary nitrogens is 1. The van der Waals surface area contributed by atoms with Gasteiger partial charge in [-0.05, 0) is 50.1 Å². The van der Waals surface area contributed by atoms with Crippen molar-refractivity contribution in [2.45, 2.75) is 39.3 Å². The Morgan fingerprint density at radius 1 is 1.17 bits per heavy atom. The maximum atomic E-state index is 11.4. The zero-order chi connectivity index (χ0) is 20.8. The molecule has 1 saturated heterocycles. The van der Waals surface area contributed by atoms with Gasteiger partial charge in [-0.1, -0.05) is 19.1 Å². The van der Waals surface area contributed by atoms with Gasteiger partial charge in [-0.3, -0.25) is 10.1 Å². The fourth-order valence-corrected chi connectivity index (χ4v) is 3.86. The van der Waals surface area contributed by atoms with Crippen molar-refractivity contribution in [2.24, 2.45) is 0 Å². The number of rotatable bonds is 8. The number of nitro groups is 1. The van der Waals surface area contributed by atoms with Crippen molar-refractivity contribution in [1.29, 1.82) is 0 Å². The summed E-state index contributed by atoms with van der Waals surface area (Å²) in [6, 6.07) is 14.3. The Kier molecular flexibility index (Phi) is 6.93. The van der Waals surface area contributed by atoms with Gasteiger partial charge in [0.05, 0.1) is 18.0 Å². The topological polar surface area (TPSA) is 84.2 Å². The largest absolute Gasteiger partial charge is 0.492 e. The zero-order valence-corrected chi connectivity index (χ0v) is 17.4. The molecule has 0 amide bonds. The summed E-state index contributed by atoms with van der Waals surface area (Å²) in [5.41, 5.74) is 2.90. The highest BCUT2D eigenvalue weighted by atomic mass is 16.6. The number of nitro benzene ring substituents is 1. The molecule has 0 spiro atoms. The molecule has 0 saturated carbocycles. The average Bonchev–Trinajstić information content (AvgIpc) is 2.70. The Hall–Kier alpha value is -2.80. The van der Waals surface area contributed by atoms with Crippen LogP contribution in [-0.4, -0.2) is 43.2 Å². The summed E-state index contributed by atoms with van der Waals surface area (Å²) in [4.78, 5) is 13.4. The predicted molar refractivity (Wildman–Crippen MR) is 116 cm³/mol. The third-order valence-corrected chi connectivity index (χ3v) is 5.23. The molecular weight excluding hydrogens is 368 g/mol. The normalized spacial score (nSPS) is 19.1. The number of benzene rings is 2. The van der Waals surface area contributed by atoms with Crippen LogP contribution in [0, 0.1) is 10.1 Å². The molecule has 0 bridgehead atoms. The Bertz CT molecular complexity index is 815. The van der Waals surface area contributed by atoms with Crippen LogP contribution in [-0.2, 0) is 6.42 Å². The van der Waals surface area contributed by atoms with Gasteiger partial charge in [0.1, 0.15) is 30.1 Å². The van der Waals surface area contributed by atoms with E-state index < -0.39 is 0 Å². The third-order valence-electron chi connectivity index (χ3n) is 5.23. The molecule has 0 aromatic heterocycles. The minimum absolute atomic E-state index is 0.0886. The summed E-state index contributed by atoms with van der Waals surface area (Å²) >= 11 is 0. The van der Waals surface area contributed by atoms with Crippen molar-refractivity contribution in [1.82, 2.24) is 0 Å². The molecule has 7 nitrogen and oxygen atoms in total. The molecule has 1 aliphatic heterocycles. The number of nitrogens with one attached hydrogen (secondary N) is 1. The molecular formula is C22H31N4O3+. The summed E-state index contributed by atoms with van der Waals surface area (Å²) in [7, 11) is 0. The fraction of sp³-hybridized carbons (Fsp3) is 0.455. The number of hydrogen-bond donors (Lipinski definition) is 2. The maximum absolute atomic E-state index is 11.4. The van der Waals surface area contributed by atoms with E-state index in [0.717, 1.165) is 30.9 Å². The molecule has 3 rings (SSSR count). The molecule has 1 aliphatic rings. The average molecular weight is 400 g/mol. The van der Waals surface area contributed by atoms with Crippen molar-refractivity contribution in [2.75, 3.05) is 36.5 Å². The van der Waals surface area contributed by atoms with Crippen molar-refractivity contribution >= 4 is 17.1 Å². The molecule has 2 atom stereocenters. The standard InChI is InChI=1S/C22H30N4O3/c1-4-18-5-8-20(9-6-18)29-12-11-23-21-13-19(7-10-22(21)26(27)28)25-14-16(2)24-17(3)15-25/h5-10,13,16-17,23-24H,4,11-12,14-15H2,1-3H3/p+1/t16-,17-/m1/s1. The van der Waals surface area contributed by atoms with Gasteiger partial charge in [0.2, 0.25) is 0 Å². The molecule has 2 aromatic carbocycles. The highest BCUT2D eigenvalue weighted by Gasteiger charge is 2.26. The highest BCUT2D eigenvalue weighted by molar-refractivity contribution is 5.69. The second kappa shape index (κ2) is 9.60. The summed E-state index contributed by atoms with van der Waals surface area (Å²) in [5.74, 6) is 0.805. The number of aryl methyl sites for hydroxylation is 1. The number of hydrogen-bond acceptors (Lipinski definition) is 5. The van der Waals surface area contributed by atoms with E-state index in [1.165, 1.54) is 5.56 Å². The summed E-state index contributed by atoms with van der Waals surface area (Å²) in [6.07, 6.45) is 0.994. The van der Waals surface area contributed by atoms with Crippen molar-refractivity contribution in [3.8, 4) is 5.75 Å². The van der Waals surface area contributed by atoms with E-state index in [0.29, 0.717) is 30.9 Å². The van der Waals surface area contributed by atoms with E-state index >= 15 is 0 Å². The van der Waals surface area contributed by atoms with E-state index in [1.54, 1.807) is 6.07 Å². The van der Waals surface area contributed by atoms with Crippen molar-refractivity contribution in [3.05, 3.63) is 58.1 Å². The quantitative estimate of drug-likeness (QED) is 0.405. The van der Waals surface area contributed by atoms with Crippen LogP contribution in [0.4, 0.5) is 17.1 Å². The molecule has 0 radical (unpaired) electrons. The lowest BCUT2D eigenvalue weighted by Gasteiger charge is -2.35. The van der Waals surface area contributed by atoms with E-state index in [2.05, 4.69) is 48.4 Å². The summed E-state index contributed by atoms with van der Waals surface area (Å²) < 4.78 is 5.76. The molecule has 1 heterocycles. The zero-order valence-electron chi connectivity index (χ0n) is 17.4. The van der Waals surface area contributed by atoms with Crippen LogP contribution in [0.5, 0.6) is 5.75 Å². The number of nitrogens with two attached hydrogens (primary N) is 1. The van der Waals surface area contributed by atoms with Gasteiger partial charge < -0.3 is 20.3 Å². The Balaban J connectivity index is 1.64. The van der Waals surface area contributed by atoms with Crippen LogP contribution in [0.25, 0.3) is 0 Å². The van der Waals surface area contributed by atoms with Crippen LogP contribution in [0.3, 0.4) is 0 Å². The molecule has 0 unspecified atom stereocenters. The fourth-order valence-electron chi connectivity index (χ4n) is 3.86. The Labute approximate surface area is 172 Å². The smallest absolute Gasteiger partial charge is 0.292 e. The van der Waals surface area contributed by atoms with Gasteiger partial charge in [0.25, 0.3) is 5.69 Å². The van der Waals surface area contributed by atoms with Gasteiger partial charge in [-0.15, -0.1) is 0 Å². The lowest BCUT2D eigenvalue weighted by molar-refractivity contribution is -0.716. The van der Waals surface area contributed by atoms with Crippen LogP contribution in [0.2, 0.25) is 0 Å². The molecule has 29 heavy (non-hydrogen) atoms. The molecule has 1 fully saturated rings. The van der Waals surface area contributed by atoms with Crippen LogP contribution in [0.15, 0.2) is 42.5 Å². The lowest BCUT2D eigenvalue weighted by Crippen LogP contribution is -2.99. The predicted octanol–water partition coefficient (Wildman–Crippen LogP) is 2.81. The summed E-state index contributed by atoms with van der Waals surface area (Å²) in [6.45, 7) is 9.30. The SMILES string of the molecule is CCc1ccc(OCCNc2cc(N3C[C@@H](C)[NH2+][C@H](C)C3)ccc2[N+](=O)[O-])cc1. The maximum Gasteiger partial charge on any atom is 0.292 e. The Morgan fingerprint density at radius 3 is 2.48 bits per heavy atom. The van der Waals surface area contributed by atoms with Crippen LogP contribution < -0.4 is 20.3 Å². The molecule has 3 N–H and O–H groups in total. The van der Waals surface area contributed by atoms with E-state index in [9.17, 15) is 10.1 Å². The highest BCUT2D eigenvalue weighted by Crippen LogP contribution is 2.30. The molecule has 2 aromatic rings. The Morgan fingerprint density at radius 2 is 1.86 bits per heavy atom. The number of nitrogens with zero attached hydrogens (tertiary/aromatic N) is 2. The third kappa shape index (κ3) is 5.60. The first-order valence-corrected chi connectivity index (χ1v) is 10.3. The molecule has 0 aliphatic carbocycles. The lowest BCUT2D eigenvalue weighted by atomic mass is 10.1. The van der Waals surface area contributed by atoms with Gasteiger partial charge in [0.15, 0.2) is 0 Å². The first-order valence-electron chi connectivity index (χ1n) is 10.3. The van der Waals surface area contributed by atoms with Crippen molar-refractivity contribution in [3.63, 3.8) is 0 Å². The van der Waals surface area contributed by atoms with Crippen LogP contribution in [0.1, 0.15) is 26.3 Å². The first-order chi connectivity index (χ1) is 14.0. The van der Waals surface area contributed by atoms with Crippen molar-refractivity contribution < 1.29 is 15.0 Å². The monoisotopic (exact) mass is 399 g/mol. The van der Waals surface area contributed by atoms with E-state index in [1.807, 2.05) is 24.3 Å².